The number of nitrogens with one attached hydrogen (secondary N) is 1. The summed E-state index contributed by atoms with van der Waals surface area (Å²) in [6, 6.07) is 2.03. The molecule has 4 nitrogen and oxygen atoms in total. The minimum atomic E-state index is 0.245. The maximum absolute atomic E-state index is 5.29. The Hall–Kier alpha value is -1.76. The van der Waals surface area contributed by atoms with Gasteiger partial charge in [-0.2, -0.15) is 0 Å². The van der Waals surface area contributed by atoms with E-state index in [1.807, 2.05) is 6.92 Å². The molecular weight excluding hydrogens is 202 g/mol. The summed E-state index contributed by atoms with van der Waals surface area (Å²) in [5.41, 5.74) is 0. The Morgan fingerprint density at radius 3 is 2.94 bits per heavy atom. The average molecular weight is 219 g/mol. The molecule has 0 aliphatic carbocycles. The lowest BCUT2D eigenvalue weighted by atomic mass is 10.1. The Labute approximate surface area is 96.5 Å². The highest BCUT2D eigenvalue weighted by Crippen LogP contribution is 2.13. The van der Waals surface area contributed by atoms with Gasteiger partial charge in [-0.15, -0.1) is 12.3 Å². The number of hydrogen-bond acceptors (Lipinski definition) is 4. The van der Waals surface area contributed by atoms with Crippen molar-refractivity contribution < 1.29 is 4.74 Å². The standard InChI is InChI=1S/C12H17N3O/c1-4-7-10(5-2)15-11-8-12(16-6-3)14-9-13-11/h1,8-10H,5-7H2,2-3H3,(H,13,14,15). The van der Waals surface area contributed by atoms with Crippen molar-refractivity contribution in [3.63, 3.8) is 0 Å². The topological polar surface area (TPSA) is 47.0 Å². The van der Waals surface area contributed by atoms with Gasteiger partial charge in [0.2, 0.25) is 5.88 Å². The fourth-order valence-corrected chi connectivity index (χ4v) is 1.29. The average Bonchev–Trinajstić information content (AvgIpc) is 2.29. The van der Waals surface area contributed by atoms with Crippen molar-refractivity contribution in [2.45, 2.75) is 32.7 Å². The van der Waals surface area contributed by atoms with Gasteiger partial charge in [0.05, 0.1) is 6.61 Å². The van der Waals surface area contributed by atoms with E-state index in [9.17, 15) is 0 Å². The molecule has 1 N–H and O–H groups in total. The maximum Gasteiger partial charge on any atom is 0.218 e. The molecule has 16 heavy (non-hydrogen) atoms. The molecule has 1 unspecified atom stereocenters. The van der Waals surface area contributed by atoms with Crippen molar-refractivity contribution in [1.82, 2.24) is 9.97 Å². The molecule has 0 amide bonds. The third-order valence-electron chi connectivity index (χ3n) is 2.14. The molecule has 0 fully saturated rings. The van der Waals surface area contributed by atoms with Crippen LogP contribution < -0.4 is 10.1 Å². The van der Waals surface area contributed by atoms with Gasteiger partial charge < -0.3 is 10.1 Å². The van der Waals surface area contributed by atoms with Crippen LogP contribution in [0.3, 0.4) is 0 Å². The van der Waals surface area contributed by atoms with Crippen LogP contribution in [0, 0.1) is 12.3 Å². The van der Waals surface area contributed by atoms with Gasteiger partial charge in [0.25, 0.3) is 0 Å². The molecule has 86 valence electrons. The van der Waals surface area contributed by atoms with Crippen molar-refractivity contribution in [3.8, 4) is 18.2 Å². The second-order valence-electron chi connectivity index (χ2n) is 3.33. The lowest BCUT2D eigenvalue weighted by Gasteiger charge is -2.14. The summed E-state index contributed by atoms with van der Waals surface area (Å²) in [6.45, 7) is 4.60. The predicted molar refractivity (Wildman–Crippen MR) is 64.4 cm³/mol. The second-order valence-corrected chi connectivity index (χ2v) is 3.33. The minimum Gasteiger partial charge on any atom is -0.478 e. The predicted octanol–water partition coefficient (Wildman–Crippen LogP) is 2.09. The van der Waals surface area contributed by atoms with Crippen LogP contribution in [0.25, 0.3) is 0 Å². The first-order valence-corrected chi connectivity index (χ1v) is 5.45. The Balaban J connectivity index is 2.65. The molecule has 1 aromatic heterocycles. The van der Waals surface area contributed by atoms with Gasteiger partial charge in [-0.05, 0) is 13.3 Å². The minimum absolute atomic E-state index is 0.245. The highest BCUT2D eigenvalue weighted by molar-refractivity contribution is 5.38. The van der Waals surface area contributed by atoms with E-state index in [1.54, 1.807) is 6.07 Å². The van der Waals surface area contributed by atoms with Crippen LogP contribution in [0.15, 0.2) is 12.4 Å². The van der Waals surface area contributed by atoms with Crippen LogP contribution >= 0.6 is 0 Å². The third kappa shape index (κ3) is 3.77. The van der Waals surface area contributed by atoms with E-state index < -0.39 is 0 Å². The van der Waals surface area contributed by atoms with Gasteiger partial charge >= 0.3 is 0 Å². The molecule has 1 rings (SSSR count). The summed E-state index contributed by atoms with van der Waals surface area (Å²) < 4.78 is 5.29. The summed E-state index contributed by atoms with van der Waals surface area (Å²) in [7, 11) is 0. The summed E-state index contributed by atoms with van der Waals surface area (Å²) in [5.74, 6) is 3.97. The molecule has 0 bridgehead atoms. The first-order chi connectivity index (χ1) is 7.80. The first kappa shape index (κ1) is 12.3. The van der Waals surface area contributed by atoms with E-state index in [-0.39, 0.29) is 6.04 Å². The lowest BCUT2D eigenvalue weighted by molar-refractivity contribution is 0.326. The molecule has 0 spiro atoms. The van der Waals surface area contributed by atoms with Crippen molar-refractivity contribution >= 4 is 5.82 Å². The maximum atomic E-state index is 5.29. The fourth-order valence-electron chi connectivity index (χ4n) is 1.29. The van der Waals surface area contributed by atoms with Gasteiger partial charge in [0.15, 0.2) is 0 Å². The number of rotatable bonds is 6. The highest BCUT2D eigenvalue weighted by Gasteiger charge is 2.06. The molecule has 0 saturated carbocycles. The number of terminal acetylenes is 1. The monoisotopic (exact) mass is 219 g/mol. The Kier molecular flexibility index (Phi) is 5.13. The molecule has 1 aromatic rings. The second kappa shape index (κ2) is 6.67. The lowest BCUT2D eigenvalue weighted by Crippen LogP contribution is -2.18. The van der Waals surface area contributed by atoms with Crippen molar-refractivity contribution in [1.29, 1.82) is 0 Å². The number of nitrogens with zero attached hydrogens (tertiary/aromatic N) is 2. The molecule has 1 atom stereocenters. The van der Waals surface area contributed by atoms with E-state index in [2.05, 4.69) is 28.1 Å². The molecule has 0 aromatic carbocycles. The number of aromatic nitrogens is 2. The van der Waals surface area contributed by atoms with Gasteiger partial charge in [0, 0.05) is 18.5 Å². The molecule has 0 radical (unpaired) electrons. The Morgan fingerprint density at radius 2 is 2.31 bits per heavy atom. The Morgan fingerprint density at radius 1 is 1.50 bits per heavy atom. The zero-order valence-corrected chi connectivity index (χ0v) is 9.73. The highest BCUT2D eigenvalue weighted by atomic mass is 16.5. The van der Waals surface area contributed by atoms with E-state index in [0.29, 0.717) is 18.9 Å². The molecule has 1 heterocycles. The van der Waals surface area contributed by atoms with Gasteiger partial charge in [-0.25, -0.2) is 9.97 Å². The normalized spacial score (nSPS) is 11.6. The van der Waals surface area contributed by atoms with Crippen molar-refractivity contribution in [2.24, 2.45) is 0 Å². The van der Waals surface area contributed by atoms with Gasteiger partial charge in [0.1, 0.15) is 12.1 Å². The number of anilines is 1. The number of hydrogen-bond donors (Lipinski definition) is 1. The zero-order chi connectivity index (χ0) is 11.8. The van der Waals surface area contributed by atoms with Crippen LogP contribution in [0.5, 0.6) is 5.88 Å². The van der Waals surface area contributed by atoms with E-state index in [0.717, 1.165) is 12.2 Å². The van der Waals surface area contributed by atoms with Gasteiger partial charge in [-0.1, -0.05) is 6.92 Å². The smallest absolute Gasteiger partial charge is 0.218 e. The first-order valence-electron chi connectivity index (χ1n) is 5.45. The van der Waals surface area contributed by atoms with Crippen LogP contribution in [0.1, 0.15) is 26.7 Å². The number of ether oxygens (including phenoxy) is 1. The molecule has 0 saturated heterocycles. The molecular formula is C12H17N3O. The van der Waals surface area contributed by atoms with Crippen molar-refractivity contribution in [3.05, 3.63) is 12.4 Å². The van der Waals surface area contributed by atoms with E-state index in [1.165, 1.54) is 6.33 Å². The Bertz CT molecular complexity index is 360. The van der Waals surface area contributed by atoms with Gasteiger partial charge in [-0.3, -0.25) is 0 Å². The van der Waals surface area contributed by atoms with E-state index in [4.69, 9.17) is 11.2 Å². The molecule has 4 heteroatoms. The van der Waals surface area contributed by atoms with Crippen LogP contribution in [0.4, 0.5) is 5.82 Å². The summed E-state index contributed by atoms with van der Waals surface area (Å²) >= 11 is 0. The largest absolute Gasteiger partial charge is 0.478 e. The van der Waals surface area contributed by atoms with Crippen molar-refractivity contribution in [2.75, 3.05) is 11.9 Å². The zero-order valence-electron chi connectivity index (χ0n) is 9.73. The molecule has 0 aliphatic heterocycles. The fraction of sp³-hybridized carbons (Fsp3) is 0.500. The van der Waals surface area contributed by atoms with Crippen LogP contribution in [-0.2, 0) is 0 Å². The quantitative estimate of drug-likeness (QED) is 0.744. The summed E-state index contributed by atoms with van der Waals surface area (Å²) in [5, 5.41) is 3.25. The third-order valence-corrected chi connectivity index (χ3v) is 2.14. The summed E-state index contributed by atoms with van der Waals surface area (Å²) in [4.78, 5) is 8.12. The van der Waals surface area contributed by atoms with E-state index >= 15 is 0 Å². The summed E-state index contributed by atoms with van der Waals surface area (Å²) in [6.07, 6.45) is 8.41. The van der Waals surface area contributed by atoms with Crippen LogP contribution in [-0.4, -0.2) is 22.6 Å². The van der Waals surface area contributed by atoms with Crippen LogP contribution in [0.2, 0.25) is 0 Å². The molecule has 0 aliphatic rings. The SMILES string of the molecule is C#CCC(CC)Nc1cc(OCC)ncn1.